The molecule has 1 amide bonds. The van der Waals surface area contributed by atoms with E-state index in [4.69, 9.17) is 14.2 Å². The number of nitrogens with zero attached hydrogens (tertiary/aromatic N) is 2. The lowest BCUT2D eigenvalue weighted by Gasteiger charge is -2.14. The van der Waals surface area contributed by atoms with Crippen LogP contribution >= 0.6 is 0 Å². The second kappa shape index (κ2) is 8.67. The van der Waals surface area contributed by atoms with Crippen LogP contribution in [-0.2, 0) is 19.4 Å². The number of carbonyl (C=O) groups is 1. The number of benzene rings is 2. The van der Waals surface area contributed by atoms with Crippen LogP contribution in [0, 0.1) is 5.82 Å². The summed E-state index contributed by atoms with van der Waals surface area (Å²) < 4.78 is 31.1. The van der Waals surface area contributed by atoms with E-state index >= 15 is 0 Å². The number of aromatic nitrogens is 2. The van der Waals surface area contributed by atoms with Crippen molar-refractivity contribution in [2.24, 2.45) is 0 Å². The first-order valence-corrected chi connectivity index (χ1v) is 9.99. The highest BCUT2D eigenvalue weighted by Crippen LogP contribution is 2.38. The summed E-state index contributed by atoms with van der Waals surface area (Å²) in [6.45, 7) is 0.272. The molecule has 0 atom stereocenters. The van der Waals surface area contributed by atoms with Gasteiger partial charge in [0, 0.05) is 17.8 Å². The summed E-state index contributed by atoms with van der Waals surface area (Å²) in [6, 6.07) is 9.70. The normalized spacial score (nSPS) is 12.4. The number of carbonyl (C=O) groups excluding carboxylic acids is 1. The van der Waals surface area contributed by atoms with Crippen LogP contribution in [0.1, 0.15) is 33.7 Å². The SMILES string of the molecule is COc1cc(CNC(=O)c2nn(-c3ccc(F)cc3)c3c2CCC3)cc(OC)c1OC. The van der Waals surface area contributed by atoms with Crippen molar-refractivity contribution in [3.63, 3.8) is 0 Å². The van der Waals surface area contributed by atoms with Crippen molar-refractivity contribution in [1.82, 2.24) is 15.1 Å². The molecule has 4 rings (SSSR count). The molecule has 3 aromatic rings. The summed E-state index contributed by atoms with van der Waals surface area (Å²) in [5.74, 6) is 0.972. The first-order chi connectivity index (χ1) is 15.0. The van der Waals surface area contributed by atoms with Crippen molar-refractivity contribution in [3.8, 4) is 22.9 Å². The van der Waals surface area contributed by atoms with Gasteiger partial charge in [0.2, 0.25) is 5.75 Å². The molecule has 0 aliphatic heterocycles. The van der Waals surface area contributed by atoms with Gasteiger partial charge in [-0.2, -0.15) is 5.10 Å². The van der Waals surface area contributed by atoms with Crippen molar-refractivity contribution < 1.29 is 23.4 Å². The van der Waals surface area contributed by atoms with Gasteiger partial charge in [-0.1, -0.05) is 0 Å². The topological polar surface area (TPSA) is 74.6 Å². The first-order valence-electron chi connectivity index (χ1n) is 9.99. The molecule has 1 heterocycles. The lowest BCUT2D eigenvalue weighted by atomic mass is 10.1. The third-order valence-corrected chi connectivity index (χ3v) is 5.39. The van der Waals surface area contributed by atoms with Gasteiger partial charge in [-0.3, -0.25) is 4.79 Å². The quantitative estimate of drug-likeness (QED) is 0.628. The Bertz CT molecular complexity index is 1080. The Morgan fingerprint density at radius 1 is 1.06 bits per heavy atom. The maximum atomic E-state index is 13.3. The Morgan fingerprint density at radius 3 is 2.35 bits per heavy atom. The average molecular weight is 425 g/mol. The molecule has 1 N–H and O–H groups in total. The molecule has 2 aromatic carbocycles. The third kappa shape index (κ3) is 3.93. The predicted octanol–water partition coefficient (Wildman–Crippen LogP) is 3.46. The fourth-order valence-corrected chi connectivity index (χ4v) is 3.92. The smallest absolute Gasteiger partial charge is 0.272 e. The summed E-state index contributed by atoms with van der Waals surface area (Å²) in [7, 11) is 4.63. The molecule has 0 saturated heterocycles. The lowest BCUT2D eigenvalue weighted by molar-refractivity contribution is 0.0944. The summed E-state index contributed by atoms with van der Waals surface area (Å²) in [4.78, 5) is 13.0. The van der Waals surface area contributed by atoms with E-state index < -0.39 is 0 Å². The Balaban J connectivity index is 1.58. The fourth-order valence-electron chi connectivity index (χ4n) is 3.92. The standard InChI is InChI=1S/C23H24FN3O4/c1-29-19-11-14(12-20(30-2)22(19)31-3)13-25-23(28)21-17-5-4-6-18(17)27(26-21)16-9-7-15(24)8-10-16/h7-12H,4-6,13H2,1-3H3,(H,25,28). The summed E-state index contributed by atoms with van der Waals surface area (Å²) in [5.41, 5.74) is 3.90. The highest BCUT2D eigenvalue weighted by molar-refractivity contribution is 5.94. The number of hydrogen-bond acceptors (Lipinski definition) is 5. The molecule has 0 unspecified atom stereocenters. The van der Waals surface area contributed by atoms with Gasteiger partial charge in [0.1, 0.15) is 5.82 Å². The van der Waals surface area contributed by atoms with Crippen molar-refractivity contribution >= 4 is 5.91 Å². The number of amides is 1. The number of ether oxygens (including phenoxy) is 3. The molecule has 1 aliphatic rings. The summed E-state index contributed by atoms with van der Waals surface area (Å²) in [5, 5.41) is 7.48. The Morgan fingerprint density at radius 2 is 1.74 bits per heavy atom. The van der Waals surface area contributed by atoms with Crippen molar-refractivity contribution in [2.75, 3.05) is 21.3 Å². The zero-order valence-electron chi connectivity index (χ0n) is 17.7. The van der Waals surface area contributed by atoms with E-state index in [0.29, 0.717) is 22.9 Å². The van der Waals surface area contributed by atoms with Crippen LogP contribution in [0.4, 0.5) is 4.39 Å². The van der Waals surface area contributed by atoms with Crippen LogP contribution in [0.2, 0.25) is 0 Å². The van der Waals surface area contributed by atoms with Crippen LogP contribution in [0.25, 0.3) is 5.69 Å². The van der Waals surface area contributed by atoms with Crippen LogP contribution < -0.4 is 19.5 Å². The minimum absolute atomic E-state index is 0.257. The second-order valence-electron chi connectivity index (χ2n) is 7.23. The van der Waals surface area contributed by atoms with Crippen LogP contribution in [0.15, 0.2) is 36.4 Å². The molecule has 1 aliphatic carbocycles. The van der Waals surface area contributed by atoms with E-state index in [0.717, 1.165) is 41.8 Å². The molecule has 8 heteroatoms. The van der Waals surface area contributed by atoms with E-state index in [1.807, 2.05) is 0 Å². The number of hydrogen-bond donors (Lipinski definition) is 1. The Hall–Kier alpha value is -3.55. The van der Waals surface area contributed by atoms with Gasteiger partial charge in [-0.15, -0.1) is 0 Å². The zero-order chi connectivity index (χ0) is 22.0. The molecule has 1 aromatic heterocycles. The lowest BCUT2D eigenvalue weighted by Crippen LogP contribution is -2.24. The van der Waals surface area contributed by atoms with Gasteiger partial charge >= 0.3 is 0 Å². The average Bonchev–Trinajstić information content (AvgIpc) is 3.40. The zero-order valence-corrected chi connectivity index (χ0v) is 17.7. The van der Waals surface area contributed by atoms with Gasteiger partial charge in [-0.25, -0.2) is 9.07 Å². The van der Waals surface area contributed by atoms with E-state index in [2.05, 4.69) is 10.4 Å². The Kier molecular flexibility index (Phi) is 5.79. The number of fused-ring (bicyclic) bond motifs is 1. The summed E-state index contributed by atoms with van der Waals surface area (Å²) >= 11 is 0. The van der Waals surface area contributed by atoms with Crippen LogP contribution in [-0.4, -0.2) is 37.0 Å². The van der Waals surface area contributed by atoms with Gasteiger partial charge < -0.3 is 19.5 Å². The minimum atomic E-state index is -0.309. The van der Waals surface area contributed by atoms with Gasteiger partial charge in [0.05, 0.1) is 27.0 Å². The van der Waals surface area contributed by atoms with Crippen molar-refractivity contribution in [2.45, 2.75) is 25.8 Å². The highest BCUT2D eigenvalue weighted by atomic mass is 19.1. The Labute approximate surface area is 179 Å². The third-order valence-electron chi connectivity index (χ3n) is 5.39. The molecule has 0 spiro atoms. The first kappa shape index (κ1) is 20.7. The number of methoxy groups -OCH3 is 3. The number of nitrogens with one attached hydrogen (secondary N) is 1. The number of rotatable bonds is 7. The van der Waals surface area contributed by atoms with Crippen molar-refractivity contribution in [1.29, 1.82) is 0 Å². The van der Waals surface area contributed by atoms with Crippen molar-refractivity contribution in [3.05, 3.63) is 64.7 Å². The monoisotopic (exact) mass is 425 g/mol. The second-order valence-corrected chi connectivity index (χ2v) is 7.23. The largest absolute Gasteiger partial charge is 0.493 e. The molecule has 0 fully saturated rings. The van der Waals surface area contributed by atoms with Crippen LogP contribution in [0.3, 0.4) is 0 Å². The molecular formula is C23H24FN3O4. The minimum Gasteiger partial charge on any atom is -0.493 e. The maximum Gasteiger partial charge on any atom is 0.272 e. The molecule has 0 bridgehead atoms. The van der Waals surface area contributed by atoms with Gasteiger partial charge in [-0.05, 0) is 61.2 Å². The molecule has 0 radical (unpaired) electrons. The summed E-state index contributed by atoms with van der Waals surface area (Å²) in [6.07, 6.45) is 2.59. The predicted molar refractivity (Wildman–Crippen MR) is 113 cm³/mol. The van der Waals surface area contributed by atoms with E-state index in [1.54, 1.807) is 50.3 Å². The maximum absolute atomic E-state index is 13.3. The van der Waals surface area contributed by atoms with E-state index in [-0.39, 0.29) is 18.3 Å². The fraction of sp³-hybridized carbons (Fsp3) is 0.304. The van der Waals surface area contributed by atoms with Crippen LogP contribution in [0.5, 0.6) is 17.2 Å². The van der Waals surface area contributed by atoms with Gasteiger partial charge in [0.15, 0.2) is 17.2 Å². The highest BCUT2D eigenvalue weighted by Gasteiger charge is 2.27. The molecular weight excluding hydrogens is 401 g/mol. The molecule has 7 nitrogen and oxygen atoms in total. The molecule has 162 valence electrons. The molecule has 31 heavy (non-hydrogen) atoms. The molecule has 0 saturated carbocycles. The van der Waals surface area contributed by atoms with E-state index in [9.17, 15) is 9.18 Å². The van der Waals surface area contributed by atoms with Gasteiger partial charge in [0.25, 0.3) is 5.91 Å². The number of halogens is 1. The van der Waals surface area contributed by atoms with E-state index in [1.165, 1.54) is 12.1 Å².